The Balaban J connectivity index is 2.15. The van der Waals surface area contributed by atoms with Crippen LogP contribution in [0.1, 0.15) is 11.1 Å². The minimum absolute atomic E-state index is 0.950. The molecular formula is C17H12N2. The van der Waals surface area contributed by atoms with Crippen LogP contribution in [0.2, 0.25) is 0 Å². The number of fused-ring (bicyclic) bond motifs is 1. The maximum absolute atomic E-state index is 9.00. The van der Waals surface area contributed by atoms with Gasteiger partial charge in [0.05, 0.1) is 6.07 Å². The van der Waals surface area contributed by atoms with E-state index in [1.165, 1.54) is 0 Å². The summed E-state index contributed by atoms with van der Waals surface area (Å²) in [7, 11) is 0. The molecule has 0 saturated heterocycles. The second-order valence-corrected chi connectivity index (χ2v) is 4.33. The number of allylic oxidation sites excluding steroid dienone is 1. The average molecular weight is 244 g/mol. The van der Waals surface area contributed by atoms with Gasteiger partial charge in [-0.2, -0.15) is 5.26 Å². The molecule has 1 heterocycles. The summed E-state index contributed by atoms with van der Waals surface area (Å²) in [5, 5.41) is 10.2. The molecule has 2 heteroatoms. The van der Waals surface area contributed by atoms with Gasteiger partial charge in [-0.3, -0.25) is 0 Å². The lowest BCUT2D eigenvalue weighted by molar-refractivity contribution is 1.47. The summed E-state index contributed by atoms with van der Waals surface area (Å²) in [5.74, 6) is 0. The van der Waals surface area contributed by atoms with Gasteiger partial charge >= 0.3 is 0 Å². The molecule has 0 fully saturated rings. The van der Waals surface area contributed by atoms with Crippen LogP contribution in [-0.4, -0.2) is 4.98 Å². The molecule has 0 saturated carbocycles. The molecule has 19 heavy (non-hydrogen) atoms. The smallest absolute Gasteiger partial charge is 0.0918 e. The van der Waals surface area contributed by atoms with Gasteiger partial charge in [-0.1, -0.05) is 36.4 Å². The molecular weight excluding hydrogens is 232 g/mol. The molecule has 0 radical (unpaired) electrons. The summed E-state index contributed by atoms with van der Waals surface area (Å²) >= 11 is 0. The maximum Gasteiger partial charge on any atom is 0.0918 e. The van der Waals surface area contributed by atoms with Crippen molar-refractivity contribution in [2.24, 2.45) is 0 Å². The highest BCUT2D eigenvalue weighted by Gasteiger charge is 2.05. The highest BCUT2D eigenvalue weighted by atomic mass is 14.7. The number of aromatic nitrogens is 1. The molecule has 1 aromatic heterocycles. The van der Waals surface area contributed by atoms with E-state index in [1.807, 2.05) is 54.7 Å². The van der Waals surface area contributed by atoms with E-state index >= 15 is 0 Å². The van der Waals surface area contributed by atoms with Gasteiger partial charge in [-0.25, -0.2) is 0 Å². The van der Waals surface area contributed by atoms with Crippen molar-refractivity contribution >= 4 is 16.5 Å². The number of aromatic amines is 1. The molecule has 0 aliphatic carbocycles. The molecule has 0 unspecified atom stereocenters. The number of nitrogens with zero attached hydrogens (tertiary/aromatic N) is 1. The van der Waals surface area contributed by atoms with E-state index in [1.54, 1.807) is 6.08 Å². The number of hydrogen-bond donors (Lipinski definition) is 1. The number of nitrogens with one attached hydrogen (secondary N) is 1. The first-order chi connectivity index (χ1) is 9.38. The molecule has 0 aliphatic rings. The highest BCUT2D eigenvalue weighted by molar-refractivity contribution is 5.88. The number of hydrogen-bond acceptors (Lipinski definition) is 1. The van der Waals surface area contributed by atoms with Crippen molar-refractivity contribution in [2.45, 2.75) is 0 Å². The van der Waals surface area contributed by atoms with Gasteiger partial charge in [0.2, 0.25) is 0 Å². The Labute approximate surface area is 111 Å². The van der Waals surface area contributed by atoms with Crippen LogP contribution in [0.4, 0.5) is 0 Å². The Hall–Kier alpha value is -2.79. The Bertz CT molecular complexity index is 774. The van der Waals surface area contributed by atoms with E-state index in [9.17, 15) is 0 Å². The molecule has 1 N–H and O–H groups in total. The lowest BCUT2D eigenvalue weighted by Crippen LogP contribution is -1.87. The molecule has 2 nitrogen and oxygen atoms in total. The predicted octanol–water partition coefficient (Wildman–Crippen LogP) is 4.12. The second-order valence-electron chi connectivity index (χ2n) is 4.33. The Kier molecular flexibility index (Phi) is 2.88. The standard InChI is InChI=1S/C17H12N2/c18-10-8-16(13-4-2-1-3-5-13)14-6-7-17-15(12-14)9-11-19-17/h1-9,11-12,19H/b16-8+. The quantitative estimate of drug-likeness (QED) is 0.676. The average Bonchev–Trinajstić information content (AvgIpc) is 2.93. The molecule has 3 aromatic rings. The topological polar surface area (TPSA) is 39.6 Å². The first-order valence-corrected chi connectivity index (χ1v) is 6.11. The molecule has 0 atom stereocenters. The van der Waals surface area contributed by atoms with Crippen molar-refractivity contribution in [3.63, 3.8) is 0 Å². The van der Waals surface area contributed by atoms with Gasteiger partial charge in [-0.15, -0.1) is 0 Å². The van der Waals surface area contributed by atoms with Gasteiger partial charge < -0.3 is 4.98 Å². The fraction of sp³-hybridized carbons (Fsp3) is 0. The van der Waals surface area contributed by atoms with Crippen molar-refractivity contribution in [1.82, 2.24) is 4.98 Å². The number of H-pyrrole nitrogens is 1. The van der Waals surface area contributed by atoms with Crippen molar-refractivity contribution in [3.8, 4) is 6.07 Å². The van der Waals surface area contributed by atoms with Crippen LogP contribution < -0.4 is 0 Å². The monoisotopic (exact) mass is 244 g/mol. The van der Waals surface area contributed by atoms with E-state index < -0.39 is 0 Å². The van der Waals surface area contributed by atoms with E-state index in [4.69, 9.17) is 5.26 Å². The van der Waals surface area contributed by atoms with Gasteiger partial charge in [0.15, 0.2) is 0 Å². The third kappa shape index (κ3) is 2.14. The first kappa shape index (κ1) is 11.3. The molecule has 0 aliphatic heterocycles. The summed E-state index contributed by atoms with van der Waals surface area (Å²) in [4.78, 5) is 3.17. The van der Waals surface area contributed by atoms with Gasteiger partial charge in [0, 0.05) is 17.8 Å². The van der Waals surface area contributed by atoms with E-state index in [2.05, 4.69) is 17.1 Å². The van der Waals surface area contributed by atoms with Crippen molar-refractivity contribution < 1.29 is 0 Å². The van der Waals surface area contributed by atoms with Gasteiger partial charge in [-0.05, 0) is 40.3 Å². The molecule has 0 bridgehead atoms. The summed E-state index contributed by atoms with van der Waals surface area (Å²) in [6, 6.07) is 20.3. The van der Waals surface area contributed by atoms with Gasteiger partial charge in [0.25, 0.3) is 0 Å². The van der Waals surface area contributed by atoms with E-state index in [0.717, 1.165) is 27.6 Å². The summed E-state index contributed by atoms with van der Waals surface area (Å²) < 4.78 is 0. The molecule has 90 valence electrons. The van der Waals surface area contributed by atoms with E-state index in [-0.39, 0.29) is 0 Å². The van der Waals surface area contributed by atoms with Gasteiger partial charge in [0.1, 0.15) is 0 Å². The fourth-order valence-electron chi connectivity index (χ4n) is 2.24. The predicted molar refractivity (Wildman–Crippen MR) is 77.4 cm³/mol. The zero-order valence-electron chi connectivity index (χ0n) is 10.3. The first-order valence-electron chi connectivity index (χ1n) is 6.11. The van der Waals surface area contributed by atoms with Crippen LogP contribution in [0.15, 0.2) is 66.9 Å². The van der Waals surface area contributed by atoms with Crippen LogP contribution in [0.3, 0.4) is 0 Å². The third-order valence-corrected chi connectivity index (χ3v) is 3.16. The Morgan fingerprint density at radius 2 is 1.84 bits per heavy atom. The minimum Gasteiger partial charge on any atom is -0.361 e. The Morgan fingerprint density at radius 1 is 1.00 bits per heavy atom. The third-order valence-electron chi connectivity index (χ3n) is 3.16. The minimum atomic E-state index is 0.950. The van der Waals surface area contributed by atoms with Crippen LogP contribution in [0.25, 0.3) is 16.5 Å². The molecule has 0 spiro atoms. The number of rotatable bonds is 2. The number of nitriles is 1. The van der Waals surface area contributed by atoms with Crippen LogP contribution >= 0.6 is 0 Å². The summed E-state index contributed by atoms with van der Waals surface area (Å²) in [5.41, 5.74) is 4.16. The zero-order chi connectivity index (χ0) is 13.1. The Morgan fingerprint density at radius 3 is 2.63 bits per heavy atom. The van der Waals surface area contributed by atoms with Crippen molar-refractivity contribution in [3.05, 3.63) is 78.0 Å². The second kappa shape index (κ2) is 4.83. The van der Waals surface area contributed by atoms with Crippen LogP contribution in [-0.2, 0) is 0 Å². The zero-order valence-corrected chi connectivity index (χ0v) is 10.3. The molecule has 3 rings (SSSR count). The summed E-state index contributed by atoms with van der Waals surface area (Å²) in [6.07, 6.45) is 3.52. The van der Waals surface area contributed by atoms with E-state index in [0.29, 0.717) is 0 Å². The lowest BCUT2D eigenvalue weighted by Gasteiger charge is -2.07. The molecule has 2 aromatic carbocycles. The normalized spacial score (nSPS) is 11.4. The van der Waals surface area contributed by atoms with Crippen molar-refractivity contribution in [2.75, 3.05) is 0 Å². The number of benzene rings is 2. The molecule has 0 amide bonds. The SMILES string of the molecule is N#C/C=C(\c1ccccc1)c1ccc2[nH]ccc2c1. The summed E-state index contributed by atoms with van der Waals surface area (Å²) in [6.45, 7) is 0. The maximum atomic E-state index is 9.00. The largest absolute Gasteiger partial charge is 0.361 e. The van der Waals surface area contributed by atoms with Crippen LogP contribution in [0.5, 0.6) is 0 Å². The lowest BCUT2D eigenvalue weighted by atomic mass is 9.97. The highest BCUT2D eigenvalue weighted by Crippen LogP contribution is 2.26. The van der Waals surface area contributed by atoms with Crippen LogP contribution in [0, 0.1) is 11.3 Å². The van der Waals surface area contributed by atoms with Crippen molar-refractivity contribution in [1.29, 1.82) is 5.26 Å². The fourth-order valence-corrected chi connectivity index (χ4v) is 2.24.